The Morgan fingerprint density at radius 3 is 2.78 bits per heavy atom. The standard InChI is InChI=1S/C15H22N2O/c1-11-7-8-17(12(2)9-11)15(18)10-13-5-3-4-6-14(13)16/h3-6,11-12H,7-10,16H2,1-2H3. The number of hydrogen-bond acceptors (Lipinski definition) is 2. The third-order valence-electron chi connectivity index (χ3n) is 3.86. The fourth-order valence-electron chi connectivity index (χ4n) is 2.74. The highest BCUT2D eigenvalue weighted by Crippen LogP contribution is 2.23. The molecule has 0 bridgehead atoms. The van der Waals surface area contributed by atoms with Crippen LogP contribution in [-0.2, 0) is 11.2 Å². The molecule has 98 valence electrons. The van der Waals surface area contributed by atoms with Gasteiger partial charge in [0, 0.05) is 18.3 Å². The second kappa shape index (κ2) is 5.42. The van der Waals surface area contributed by atoms with E-state index in [9.17, 15) is 4.79 Å². The van der Waals surface area contributed by atoms with Crippen LogP contribution in [0.3, 0.4) is 0 Å². The molecule has 1 amide bonds. The van der Waals surface area contributed by atoms with E-state index < -0.39 is 0 Å². The smallest absolute Gasteiger partial charge is 0.227 e. The molecule has 2 N–H and O–H groups in total. The third-order valence-corrected chi connectivity index (χ3v) is 3.86. The minimum atomic E-state index is 0.201. The number of nitrogen functional groups attached to an aromatic ring is 1. The first-order valence-corrected chi connectivity index (χ1v) is 6.70. The van der Waals surface area contributed by atoms with Gasteiger partial charge in [0.15, 0.2) is 0 Å². The first-order chi connectivity index (χ1) is 8.58. The number of carbonyl (C=O) groups excluding carboxylic acids is 1. The van der Waals surface area contributed by atoms with Gasteiger partial charge in [-0.3, -0.25) is 4.79 Å². The van der Waals surface area contributed by atoms with Gasteiger partial charge in [-0.05, 0) is 37.3 Å². The van der Waals surface area contributed by atoms with Gasteiger partial charge < -0.3 is 10.6 Å². The molecule has 0 aliphatic carbocycles. The number of piperidine rings is 1. The summed E-state index contributed by atoms with van der Waals surface area (Å²) in [5.41, 5.74) is 7.53. The maximum Gasteiger partial charge on any atom is 0.227 e. The van der Waals surface area contributed by atoms with E-state index in [1.165, 1.54) is 0 Å². The zero-order valence-corrected chi connectivity index (χ0v) is 11.2. The van der Waals surface area contributed by atoms with Crippen LogP contribution in [0.25, 0.3) is 0 Å². The first kappa shape index (κ1) is 12.9. The Bertz CT molecular complexity index is 430. The molecule has 1 saturated heterocycles. The van der Waals surface area contributed by atoms with Crippen molar-refractivity contribution in [2.45, 2.75) is 39.2 Å². The van der Waals surface area contributed by atoms with E-state index in [1.807, 2.05) is 29.2 Å². The lowest BCUT2D eigenvalue weighted by Gasteiger charge is -2.36. The Balaban J connectivity index is 2.02. The number of carbonyl (C=O) groups is 1. The summed E-state index contributed by atoms with van der Waals surface area (Å²) in [6.45, 7) is 5.28. The van der Waals surface area contributed by atoms with Crippen molar-refractivity contribution in [2.24, 2.45) is 5.92 Å². The summed E-state index contributed by atoms with van der Waals surface area (Å²) in [7, 11) is 0. The summed E-state index contributed by atoms with van der Waals surface area (Å²) in [6.07, 6.45) is 2.64. The predicted octanol–water partition coefficient (Wildman–Crippen LogP) is 2.46. The Morgan fingerprint density at radius 1 is 1.39 bits per heavy atom. The van der Waals surface area contributed by atoms with E-state index in [-0.39, 0.29) is 5.91 Å². The highest BCUT2D eigenvalue weighted by atomic mass is 16.2. The number of rotatable bonds is 2. The molecule has 18 heavy (non-hydrogen) atoms. The average molecular weight is 246 g/mol. The Morgan fingerprint density at radius 2 is 2.11 bits per heavy atom. The molecule has 1 aromatic rings. The molecule has 2 atom stereocenters. The van der Waals surface area contributed by atoms with Gasteiger partial charge in [0.05, 0.1) is 6.42 Å². The van der Waals surface area contributed by atoms with Gasteiger partial charge in [-0.2, -0.15) is 0 Å². The summed E-state index contributed by atoms with van der Waals surface area (Å²) < 4.78 is 0. The van der Waals surface area contributed by atoms with Crippen molar-refractivity contribution in [2.75, 3.05) is 12.3 Å². The summed E-state index contributed by atoms with van der Waals surface area (Å²) in [5, 5.41) is 0. The number of benzene rings is 1. The molecular formula is C15H22N2O. The summed E-state index contributed by atoms with van der Waals surface area (Å²) in [5.74, 6) is 0.929. The second-order valence-corrected chi connectivity index (χ2v) is 5.44. The molecule has 1 fully saturated rings. The van der Waals surface area contributed by atoms with Crippen molar-refractivity contribution in [1.82, 2.24) is 4.90 Å². The highest BCUT2D eigenvalue weighted by molar-refractivity contribution is 5.80. The molecule has 3 nitrogen and oxygen atoms in total. The molecular weight excluding hydrogens is 224 g/mol. The van der Waals surface area contributed by atoms with Crippen LogP contribution in [0.15, 0.2) is 24.3 Å². The van der Waals surface area contributed by atoms with E-state index in [0.29, 0.717) is 18.2 Å². The molecule has 0 spiro atoms. The van der Waals surface area contributed by atoms with Crippen molar-refractivity contribution in [3.8, 4) is 0 Å². The minimum Gasteiger partial charge on any atom is -0.398 e. The van der Waals surface area contributed by atoms with Crippen LogP contribution in [0.5, 0.6) is 0 Å². The Kier molecular flexibility index (Phi) is 3.90. The molecule has 1 aliphatic rings. The molecule has 0 aromatic heterocycles. The number of amides is 1. The molecule has 1 heterocycles. The van der Waals surface area contributed by atoms with E-state index in [2.05, 4.69) is 13.8 Å². The fourth-order valence-corrected chi connectivity index (χ4v) is 2.74. The van der Waals surface area contributed by atoms with Gasteiger partial charge in [-0.1, -0.05) is 25.1 Å². The zero-order chi connectivity index (χ0) is 13.1. The Hall–Kier alpha value is -1.51. The van der Waals surface area contributed by atoms with Crippen LogP contribution in [0.1, 0.15) is 32.3 Å². The molecule has 2 unspecified atom stereocenters. The number of nitrogens with two attached hydrogens (primary N) is 1. The second-order valence-electron chi connectivity index (χ2n) is 5.44. The monoisotopic (exact) mass is 246 g/mol. The van der Waals surface area contributed by atoms with Crippen LogP contribution < -0.4 is 5.73 Å². The largest absolute Gasteiger partial charge is 0.398 e. The molecule has 3 heteroatoms. The minimum absolute atomic E-state index is 0.201. The SMILES string of the molecule is CC1CCN(C(=O)Cc2ccccc2N)C(C)C1. The van der Waals surface area contributed by atoms with E-state index >= 15 is 0 Å². The number of anilines is 1. The quantitative estimate of drug-likeness (QED) is 0.815. The predicted molar refractivity (Wildman–Crippen MR) is 74.1 cm³/mol. The normalized spacial score (nSPS) is 24.0. The van der Waals surface area contributed by atoms with Gasteiger partial charge in [0.25, 0.3) is 0 Å². The highest BCUT2D eigenvalue weighted by Gasteiger charge is 2.26. The molecule has 0 saturated carbocycles. The summed E-state index contributed by atoms with van der Waals surface area (Å²) in [4.78, 5) is 14.3. The summed E-state index contributed by atoms with van der Waals surface area (Å²) >= 11 is 0. The van der Waals surface area contributed by atoms with Crippen LogP contribution in [-0.4, -0.2) is 23.4 Å². The molecule has 1 aromatic carbocycles. The van der Waals surface area contributed by atoms with Crippen LogP contribution in [0, 0.1) is 5.92 Å². The lowest BCUT2D eigenvalue weighted by atomic mass is 9.93. The molecule has 0 radical (unpaired) electrons. The van der Waals surface area contributed by atoms with Gasteiger partial charge in [-0.15, -0.1) is 0 Å². The maximum atomic E-state index is 12.3. The van der Waals surface area contributed by atoms with E-state index in [0.717, 1.165) is 30.9 Å². The Labute approximate surface area is 109 Å². The third kappa shape index (κ3) is 2.84. The van der Waals surface area contributed by atoms with Gasteiger partial charge in [-0.25, -0.2) is 0 Å². The van der Waals surface area contributed by atoms with Crippen molar-refractivity contribution < 1.29 is 4.79 Å². The number of para-hydroxylation sites is 1. The maximum absolute atomic E-state index is 12.3. The van der Waals surface area contributed by atoms with Crippen LogP contribution in [0.4, 0.5) is 5.69 Å². The average Bonchev–Trinajstić information content (AvgIpc) is 2.32. The summed E-state index contributed by atoms with van der Waals surface area (Å²) in [6, 6.07) is 7.97. The lowest BCUT2D eigenvalue weighted by molar-refractivity contribution is -0.134. The number of nitrogens with zero attached hydrogens (tertiary/aromatic N) is 1. The zero-order valence-electron chi connectivity index (χ0n) is 11.2. The fraction of sp³-hybridized carbons (Fsp3) is 0.533. The topological polar surface area (TPSA) is 46.3 Å². The van der Waals surface area contributed by atoms with Crippen LogP contribution in [0.2, 0.25) is 0 Å². The first-order valence-electron chi connectivity index (χ1n) is 6.70. The van der Waals surface area contributed by atoms with E-state index in [4.69, 9.17) is 5.73 Å². The van der Waals surface area contributed by atoms with Gasteiger partial charge in [0.1, 0.15) is 0 Å². The van der Waals surface area contributed by atoms with Crippen molar-refractivity contribution in [1.29, 1.82) is 0 Å². The van der Waals surface area contributed by atoms with Crippen molar-refractivity contribution in [3.63, 3.8) is 0 Å². The molecule has 1 aliphatic heterocycles. The number of likely N-dealkylation sites (tertiary alicyclic amines) is 1. The van der Waals surface area contributed by atoms with Crippen molar-refractivity contribution in [3.05, 3.63) is 29.8 Å². The number of hydrogen-bond donors (Lipinski definition) is 1. The van der Waals surface area contributed by atoms with E-state index in [1.54, 1.807) is 0 Å². The van der Waals surface area contributed by atoms with Gasteiger partial charge >= 0.3 is 0 Å². The van der Waals surface area contributed by atoms with Gasteiger partial charge in [0.2, 0.25) is 5.91 Å². The molecule has 2 rings (SSSR count). The van der Waals surface area contributed by atoms with Crippen molar-refractivity contribution >= 4 is 11.6 Å². The van der Waals surface area contributed by atoms with Crippen LogP contribution >= 0.6 is 0 Å². The lowest BCUT2D eigenvalue weighted by Crippen LogP contribution is -2.44.